The molecule has 808 valence electrons. The molecule has 0 amide bonds. The molecule has 12 N–H and O–H groups in total. The number of benzene rings is 4. The van der Waals surface area contributed by atoms with Crippen molar-refractivity contribution in [2.24, 2.45) is 71.0 Å². The molecule has 4 aromatic carbocycles. The average molecular weight is 2030 g/mol. The number of esters is 4. The van der Waals surface area contributed by atoms with E-state index in [-0.39, 0.29) is 224 Å². The third-order valence-corrected chi connectivity index (χ3v) is 29.2. The van der Waals surface area contributed by atoms with Crippen LogP contribution in [0, 0.1) is 71.0 Å². The third-order valence-electron chi connectivity index (χ3n) is 29.2. The lowest BCUT2D eigenvalue weighted by Crippen LogP contribution is -2.28. The van der Waals surface area contributed by atoms with Crippen LogP contribution in [0.3, 0.4) is 0 Å². The Kier molecular flexibility index (Phi) is 52.6. The highest BCUT2D eigenvalue weighted by atomic mass is 16.6. The molecule has 36 nitrogen and oxygen atoms in total. The van der Waals surface area contributed by atoms with Gasteiger partial charge in [-0.25, -0.2) is 28.8 Å². The van der Waals surface area contributed by atoms with Crippen LogP contribution in [-0.4, -0.2) is 315 Å². The number of aliphatic hydroxyl groups is 8. The van der Waals surface area contributed by atoms with Crippen molar-refractivity contribution >= 4 is 47.8 Å². The summed E-state index contributed by atoms with van der Waals surface area (Å²) in [4.78, 5) is 90.3. The van der Waals surface area contributed by atoms with Crippen LogP contribution in [0.1, 0.15) is 202 Å². The maximum atomic E-state index is 12.3. The molecule has 8 aliphatic rings. The summed E-state index contributed by atoms with van der Waals surface area (Å²) in [6.07, 6.45) is 15.4. The predicted octanol–water partition coefficient (Wildman–Crippen LogP) is 9.51. The zero-order chi connectivity index (χ0) is 104. The molecule has 4 saturated carbocycles. The summed E-state index contributed by atoms with van der Waals surface area (Å²) >= 11 is 0. The quantitative estimate of drug-likeness (QED) is 0.0111. The van der Waals surface area contributed by atoms with Gasteiger partial charge in [0.1, 0.15) is 61.6 Å². The number of aliphatic carboxylic acids is 4. The number of carbonyl (C=O) groups excluding carboxylic acids is 4. The van der Waals surface area contributed by atoms with Gasteiger partial charge in [0.15, 0.2) is 26.4 Å². The Morgan fingerprint density at radius 3 is 0.799 bits per heavy atom. The summed E-state index contributed by atoms with van der Waals surface area (Å²) in [6.45, 7) is 12.9. The van der Waals surface area contributed by atoms with Crippen molar-refractivity contribution in [3.8, 4) is 23.0 Å². The lowest BCUT2D eigenvalue weighted by atomic mass is 9.73. The zero-order valence-corrected chi connectivity index (χ0v) is 84.7. The normalized spacial score (nSPS) is 24.0. The fourth-order valence-electron chi connectivity index (χ4n) is 21.8. The molecule has 4 fully saturated rings. The molecule has 0 saturated heterocycles. The molecule has 2 unspecified atom stereocenters. The Hall–Kier alpha value is -8.80. The van der Waals surface area contributed by atoms with Crippen molar-refractivity contribution in [1.29, 1.82) is 0 Å². The van der Waals surface area contributed by atoms with Crippen LogP contribution in [0.5, 0.6) is 23.0 Å². The number of rotatable bonds is 62. The predicted molar refractivity (Wildman–Crippen MR) is 523 cm³/mol. The number of hydrogen-bond acceptors (Lipinski definition) is 32. The molecule has 12 rings (SSSR count). The minimum absolute atomic E-state index is 0.0456. The smallest absolute Gasteiger partial charge is 0.344 e. The molecule has 0 spiro atoms. The number of ether oxygens (including phenoxy) is 16. The van der Waals surface area contributed by atoms with Gasteiger partial charge in [-0.2, -0.15) is 0 Å². The highest BCUT2D eigenvalue weighted by Gasteiger charge is 2.50. The van der Waals surface area contributed by atoms with Gasteiger partial charge in [-0.05, 0) is 308 Å². The van der Waals surface area contributed by atoms with Gasteiger partial charge in [-0.3, -0.25) is 9.59 Å². The molecule has 0 radical (unpaired) electrons. The Morgan fingerprint density at radius 2 is 0.542 bits per heavy atom. The summed E-state index contributed by atoms with van der Waals surface area (Å²) < 4.78 is 85.6. The van der Waals surface area contributed by atoms with Crippen molar-refractivity contribution in [3.05, 3.63) is 117 Å². The molecule has 0 heterocycles. The van der Waals surface area contributed by atoms with Crippen LogP contribution in [0.2, 0.25) is 0 Å². The standard InChI is InChI=1S/C28H42O9.2C27H40O9.C26H38O9/c1-3-21(29)7-8-22-23-13-19-5-4-6-26(24(19)14-20(23)15-25(22)30)36-17-28(33)37-18(2)16-35-12-11-34-10-9-27(31)32;1-3-20(28)7-8-21-22-11-18-5-4-6-25(23(18)12-19(22)13-24(21)29)35-16-27(32)36-17(2)14-33-9-10-34-15-26(30)31;1-2-20(28)6-7-21-22-14-18-4-3-5-25(23(18)15-19(22)16-24(21)29)36-17-27(32)35-13-12-34-11-10-33-9-8-26(30)31;1-2-19(27)6-7-20-21-12-17-4-3-5-24(22(17)13-18(21)14-23(20)28)35-16-26(31)34-11-10-32-8-9-33-15-25(29)30/h4-6,18,20-23,25,29-30H,3,7-17H2,1-2H3,(H,31,32);4-6,17,19-22,24,28-29H,3,7-16H2,1-2H3,(H,30,31);3-5,19-22,24,28-29H,2,6-17H2,1H3,(H,30,31);3-5,18-21,23,27-28H,2,6-16H2,1H3,(H,29,30)/t18?,20-,21-,22+,23-,25+;17?,19-,20-,21+,22-,24+;19-,20-,21+,22-,24+;18-,19-,20+,21-,23+/m0000/s1. The van der Waals surface area contributed by atoms with Crippen LogP contribution in [0.4, 0.5) is 0 Å². The number of fused-ring (bicyclic) bond motifs is 8. The molecule has 4 aromatic rings. The summed E-state index contributed by atoms with van der Waals surface area (Å²) in [5.41, 5.74) is 9.23. The highest BCUT2D eigenvalue weighted by Crippen LogP contribution is 2.53. The van der Waals surface area contributed by atoms with E-state index in [2.05, 4.69) is 24.3 Å². The van der Waals surface area contributed by atoms with Gasteiger partial charge in [0.2, 0.25) is 0 Å². The molecule has 0 bridgehead atoms. The first-order chi connectivity index (χ1) is 69.3. The monoisotopic (exact) mass is 2030 g/mol. The third kappa shape index (κ3) is 40.0. The van der Waals surface area contributed by atoms with E-state index in [0.29, 0.717) is 76.9 Å². The average Bonchev–Trinajstić information content (AvgIpc) is 1.66. The van der Waals surface area contributed by atoms with Crippen LogP contribution in [0.15, 0.2) is 72.8 Å². The van der Waals surface area contributed by atoms with E-state index in [1.807, 2.05) is 76.2 Å². The van der Waals surface area contributed by atoms with Gasteiger partial charge >= 0.3 is 47.8 Å². The molecule has 8 aliphatic carbocycles. The van der Waals surface area contributed by atoms with Gasteiger partial charge in [0.05, 0.1) is 154 Å². The van der Waals surface area contributed by atoms with Crippen molar-refractivity contribution in [3.63, 3.8) is 0 Å². The van der Waals surface area contributed by atoms with E-state index in [1.165, 1.54) is 22.3 Å². The van der Waals surface area contributed by atoms with Gasteiger partial charge in [-0.1, -0.05) is 76.2 Å². The van der Waals surface area contributed by atoms with Crippen molar-refractivity contribution < 1.29 is 175 Å². The lowest BCUT2D eigenvalue weighted by molar-refractivity contribution is -0.154. The Balaban J connectivity index is 0.000000214. The largest absolute Gasteiger partial charge is 0.482 e. The first-order valence-electron chi connectivity index (χ1n) is 51.9. The van der Waals surface area contributed by atoms with Crippen molar-refractivity contribution in [1.82, 2.24) is 0 Å². The molecular weight excluding hydrogens is 1870 g/mol. The lowest BCUT2D eigenvalue weighted by Gasteiger charge is -2.32. The number of hydrogen-bond donors (Lipinski definition) is 12. The van der Waals surface area contributed by atoms with Gasteiger partial charge < -0.3 is 137 Å². The van der Waals surface area contributed by atoms with Crippen LogP contribution in [-0.2, 0) is 147 Å². The minimum Gasteiger partial charge on any atom is -0.482 e. The molecule has 144 heavy (non-hydrogen) atoms. The minimum atomic E-state index is -1.04. The number of aliphatic hydroxyl groups excluding tert-OH is 8. The van der Waals surface area contributed by atoms with Crippen molar-refractivity contribution in [2.45, 2.75) is 270 Å². The Labute approximate surface area is 845 Å². The first kappa shape index (κ1) is 119. The second-order valence-electron chi connectivity index (χ2n) is 39.3. The number of carboxylic acids is 4. The SMILES string of the molecule is CC[C@H](O)CC[C@@H]1[C@H]2Cc3cccc(OCC(=O)OC(C)COCCOCC(=O)O)c3C[C@H]2C[C@H]1O.CC[C@H](O)CC[C@@H]1[C@H]2Cc3cccc(OCC(=O)OC(C)COCCOCCC(=O)O)c3C[C@H]2C[C@H]1O.CC[C@H](O)CC[C@@H]1[C@H]2Cc3cccc(OCC(=O)OCCOCCOCC(=O)O)c3C[C@H]2C[C@H]1O.CC[C@H](O)CC[C@@H]1[C@H]2Cc3cccc(OCC(=O)OCCOCCOCCC(=O)O)c3C[C@H]2C[C@H]1O. The molecule has 22 atom stereocenters. The van der Waals surface area contributed by atoms with Gasteiger partial charge in [0.25, 0.3) is 0 Å². The summed E-state index contributed by atoms with van der Waals surface area (Å²) in [5.74, 6) is 0.817. The number of carbonyl (C=O) groups is 8. The maximum Gasteiger partial charge on any atom is 0.344 e. The molecule has 0 aromatic heterocycles. The van der Waals surface area contributed by atoms with Gasteiger partial charge in [-0.15, -0.1) is 0 Å². The highest BCUT2D eigenvalue weighted by molar-refractivity contribution is 5.73. The fourth-order valence-corrected chi connectivity index (χ4v) is 21.8. The molecule has 36 heteroatoms. The fraction of sp³-hybridized carbons (Fsp3) is 0.704. The van der Waals surface area contributed by atoms with Crippen LogP contribution >= 0.6 is 0 Å². The summed E-state index contributed by atoms with van der Waals surface area (Å²) in [5, 5.41) is 117. The zero-order valence-electron chi connectivity index (χ0n) is 84.7. The van der Waals surface area contributed by atoms with E-state index in [9.17, 15) is 79.2 Å². The second-order valence-corrected chi connectivity index (χ2v) is 39.3. The van der Waals surface area contributed by atoms with Crippen LogP contribution in [0.25, 0.3) is 0 Å². The van der Waals surface area contributed by atoms with E-state index in [0.717, 1.165) is 176 Å². The van der Waals surface area contributed by atoms with Crippen molar-refractivity contribution in [2.75, 3.05) is 145 Å². The second kappa shape index (κ2) is 63.8. The van der Waals surface area contributed by atoms with Crippen LogP contribution < -0.4 is 18.9 Å². The van der Waals surface area contributed by atoms with E-state index in [4.69, 9.17) is 96.2 Å². The summed E-state index contributed by atoms with van der Waals surface area (Å²) in [7, 11) is 0. The topological polar surface area (TPSA) is 527 Å². The molecule has 0 aliphatic heterocycles. The van der Waals surface area contributed by atoms with E-state index < -0.39 is 60.0 Å². The molecular formula is C108H160O36. The Morgan fingerprint density at radius 1 is 0.299 bits per heavy atom. The van der Waals surface area contributed by atoms with Gasteiger partial charge in [0, 0.05) is 0 Å². The first-order valence-corrected chi connectivity index (χ1v) is 51.9. The maximum absolute atomic E-state index is 12.3. The van der Waals surface area contributed by atoms with E-state index >= 15 is 0 Å². The van der Waals surface area contributed by atoms with E-state index in [1.54, 1.807) is 13.8 Å². The number of carboxylic acid groups (broad SMARTS) is 4. The summed E-state index contributed by atoms with van der Waals surface area (Å²) in [6, 6.07) is 23.6. The Bertz CT molecular complexity index is 4510.